The lowest BCUT2D eigenvalue weighted by molar-refractivity contribution is -0.113. The highest BCUT2D eigenvalue weighted by Crippen LogP contribution is 2.31. The van der Waals surface area contributed by atoms with E-state index < -0.39 is 0 Å². The van der Waals surface area contributed by atoms with Crippen molar-refractivity contribution in [3.8, 4) is 5.75 Å². The van der Waals surface area contributed by atoms with Crippen LogP contribution in [0.4, 0.5) is 5.69 Å². The highest BCUT2D eigenvalue weighted by atomic mass is 35.5. The summed E-state index contributed by atoms with van der Waals surface area (Å²) in [5, 5.41) is 3.71. The summed E-state index contributed by atoms with van der Waals surface area (Å²) >= 11 is 7.16. The van der Waals surface area contributed by atoms with E-state index in [-0.39, 0.29) is 17.2 Å². The number of carbonyl (C=O) groups excluding carboxylic acids is 1. The summed E-state index contributed by atoms with van der Waals surface area (Å²) in [5.74, 6) is 0.356. The van der Waals surface area contributed by atoms with E-state index >= 15 is 0 Å². The van der Waals surface area contributed by atoms with Crippen molar-refractivity contribution in [2.24, 2.45) is 0 Å². The van der Waals surface area contributed by atoms with E-state index in [2.05, 4.69) is 15.3 Å². The van der Waals surface area contributed by atoms with Gasteiger partial charge in [0.1, 0.15) is 5.75 Å². The number of halogens is 1. The number of hydrogen-bond donors (Lipinski definition) is 2. The van der Waals surface area contributed by atoms with Gasteiger partial charge >= 0.3 is 0 Å². The van der Waals surface area contributed by atoms with Crippen molar-refractivity contribution >= 4 is 35.0 Å². The Morgan fingerprint density at radius 2 is 2.27 bits per heavy atom. The number of anilines is 1. The van der Waals surface area contributed by atoms with Crippen LogP contribution in [0.3, 0.4) is 0 Å². The van der Waals surface area contributed by atoms with Crippen molar-refractivity contribution in [3.05, 3.63) is 45.3 Å². The standard InChI is InChI=1S/C14H14ClN3O3S/c1-8-5-10(11(21-2)6-9(8)15)17-13(20)7-22-14-16-4-3-12(19)18-14/h3-6H,7H2,1-2H3,(H,17,20)(H,16,18,19). The summed E-state index contributed by atoms with van der Waals surface area (Å²) in [4.78, 5) is 29.6. The van der Waals surface area contributed by atoms with E-state index in [0.29, 0.717) is 21.6 Å². The molecule has 2 aromatic rings. The van der Waals surface area contributed by atoms with Crippen LogP contribution in [0.1, 0.15) is 5.56 Å². The van der Waals surface area contributed by atoms with Gasteiger partial charge in [0, 0.05) is 23.4 Å². The lowest BCUT2D eigenvalue weighted by atomic mass is 10.2. The number of nitrogens with one attached hydrogen (secondary N) is 2. The first kappa shape index (κ1) is 16.4. The number of amides is 1. The Morgan fingerprint density at radius 1 is 1.50 bits per heavy atom. The average Bonchev–Trinajstić information content (AvgIpc) is 2.49. The summed E-state index contributed by atoms with van der Waals surface area (Å²) in [6.45, 7) is 1.84. The van der Waals surface area contributed by atoms with Crippen molar-refractivity contribution in [1.29, 1.82) is 0 Å². The number of rotatable bonds is 5. The van der Waals surface area contributed by atoms with Gasteiger partial charge in [0.15, 0.2) is 5.16 Å². The van der Waals surface area contributed by atoms with Crippen molar-refractivity contribution < 1.29 is 9.53 Å². The Morgan fingerprint density at radius 3 is 2.95 bits per heavy atom. The Bertz CT molecular complexity index is 748. The number of nitrogens with zero attached hydrogens (tertiary/aromatic N) is 1. The number of thioether (sulfide) groups is 1. The number of aryl methyl sites for hydroxylation is 1. The SMILES string of the molecule is COc1cc(Cl)c(C)cc1NC(=O)CSc1nccc(=O)[nH]1. The lowest BCUT2D eigenvalue weighted by Crippen LogP contribution is -2.16. The molecule has 0 radical (unpaired) electrons. The van der Waals surface area contributed by atoms with Crippen molar-refractivity contribution in [2.75, 3.05) is 18.2 Å². The normalized spacial score (nSPS) is 10.3. The fourth-order valence-corrected chi connectivity index (χ4v) is 2.48. The third-order valence-electron chi connectivity index (χ3n) is 2.74. The average molecular weight is 340 g/mol. The summed E-state index contributed by atoms with van der Waals surface area (Å²) in [6, 6.07) is 4.70. The van der Waals surface area contributed by atoms with Crippen LogP contribution in [0.2, 0.25) is 5.02 Å². The number of ether oxygens (including phenoxy) is 1. The minimum Gasteiger partial charge on any atom is -0.495 e. The summed E-state index contributed by atoms with van der Waals surface area (Å²) in [7, 11) is 1.50. The van der Waals surface area contributed by atoms with E-state index in [4.69, 9.17) is 16.3 Å². The van der Waals surface area contributed by atoms with E-state index in [9.17, 15) is 9.59 Å². The lowest BCUT2D eigenvalue weighted by Gasteiger charge is -2.12. The van der Waals surface area contributed by atoms with E-state index in [1.54, 1.807) is 12.1 Å². The summed E-state index contributed by atoms with van der Waals surface area (Å²) < 4.78 is 5.19. The minimum atomic E-state index is -0.257. The minimum absolute atomic E-state index is 0.109. The highest BCUT2D eigenvalue weighted by molar-refractivity contribution is 7.99. The van der Waals surface area contributed by atoms with Crippen LogP contribution in [0.5, 0.6) is 5.75 Å². The van der Waals surface area contributed by atoms with Crippen LogP contribution in [0, 0.1) is 6.92 Å². The largest absolute Gasteiger partial charge is 0.495 e. The summed E-state index contributed by atoms with van der Waals surface area (Å²) in [6.07, 6.45) is 1.39. The Kier molecular flexibility index (Phi) is 5.46. The molecule has 0 aliphatic rings. The molecule has 0 bridgehead atoms. The molecular formula is C14H14ClN3O3S. The second-order valence-corrected chi connectivity index (χ2v) is 5.75. The van der Waals surface area contributed by atoms with E-state index in [1.165, 1.54) is 19.4 Å². The predicted molar refractivity (Wildman–Crippen MR) is 87.0 cm³/mol. The number of hydrogen-bond acceptors (Lipinski definition) is 5. The van der Waals surface area contributed by atoms with Gasteiger partial charge in [-0.3, -0.25) is 9.59 Å². The van der Waals surface area contributed by atoms with Crippen LogP contribution in [0.15, 0.2) is 34.3 Å². The Balaban J connectivity index is 2.03. The van der Waals surface area contributed by atoms with Gasteiger partial charge in [0.2, 0.25) is 5.91 Å². The van der Waals surface area contributed by atoms with Crippen molar-refractivity contribution in [2.45, 2.75) is 12.1 Å². The molecule has 0 atom stereocenters. The fraction of sp³-hybridized carbons (Fsp3) is 0.214. The molecule has 0 aliphatic carbocycles. The van der Waals surface area contributed by atoms with E-state index in [1.807, 2.05) is 6.92 Å². The van der Waals surface area contributed by atoms with Gasteiger partial charge in [-0.2, -0.15) is 0 Å². The first-order valence-corrected chi connectivity index (χ1v) is 7.68. The third kappa shape index (κ3) is 4.25. The molecule has 2 N–H and O–H groups in total. The highest BCUT2D eigenvalue weighted by Gasteiger charge is 2.11. The number of aromatic nitrogens is 2. The van der Waals surface area contributed by atoms with Gasteiger partial charge < -0.3 is 15.0 Å². The number of benzene rings is 1. The molecule has 6 nitrogen and oxygen atoms in total. The van der Waals surface area contributed by atoms with Crippen LogP contribution in [-0.4, -0.2) is 28.7 Å². The number of H-pyrrole nitrogens is 1. The molecule has 1 aromatic heterocycles. The van der Waals surface area contributed by atoms with E-state index in [0.717, 1.165) is 17.3 Å². The van der Waals surface area contributed by atoms with Crippen LogP contribution >= 0.6 is 23.4 Å². The summed E-state index contributed by atoms with van der Waals surface area (Å²) in [5.41, 5.74) is 1.12. The third-order valence-corrected chi connectivity index (χ3v) is 4.04. The first-order valence-electron chi connectivity index (χ1n) is 6.31. The molecule has 1 heterocycles. The monoisotopic (exact) mass is 339 g/mol. The molecule has 0 unspecified atom stereocenters. The molecule has 0 aliphatic heterocycles. The molecule has 0 saturated carbocycles. The van der Waals surface area contributed by atoms with Gasteiger partial charge in [0.05, 0.1) is 18.6 Å². The second kappa shape index (κ2) is 7.33. The maximum atomic E-state index is 12.0. The van der Waals surface area contributed by atoms with Gasteiger partial charge in [-0.25, -0.2) is 4.98 Å². The fourth-order valence-electron chi connectivity index (χ4n) is 1.68. The second-order valence-electron chi connectivity index (χ2n) is 4.38. The Labute approximate surface area is 136 Å². The van der Waals surface area contributed by atoms with Gasteiger partial charge in [0.25, 0.3) is 5.56 Å². The number of aromatic amines is 1. The maximum Gasteiger partial charge on any atom is 0.251 e. The molecule has 0 fully saturated rings. The van der Waals surface area contributed by atoms with Crippen molar-refractivity contribution in [3.63, 3.8) is 0 Å². The zero-order valence-electron chi connectivity index (χ0n) is 12.0. The van der Waals surface area contributed by atoms with Gasteiger partial charge in [-0.15, -0.1) is 0 Å². The van der Waals surface area contributed by atoms with Crippen LogP contribution in [0.25, 0.3) is 0 Å². The molecule has 1 aromatic carbocycles. The maximum absolute atomic E-state index is 12.0. The van der Waals surface area contributed by atoms with Gasteiger partial charge in [-0.05, 0) is 18.6 Å². The van der Waals surface area contributed by atoms with Crippen molar-refractivity contribution in [1.82, 2.24) is 9.97 Å². The zero-order valence-corrected chi connectivity index (χ0v) is 13.5. The molecule has 116 valence electrons. The molecule has 2 rings (SSSR count). The first-order chi connectivity index (χ1) is 10.5. The number of methoxy groups -OCH3 is 1. The molecule has 0 spiro atoms. The topological polar surface area (TPSA) is 84.1 Å². The molecule has 22 heavy (non-hydrogen) atoms. The van der Waals surface area contributed by atoms with Crippen LogP contribution in [-0.2, 0) is 4.79 Å². The number of carbonyl (C=O) groups is 1. The predicted octanol–water partition coefficient (Wildman–Crippen LogP) is 2.47. The molecule has 8 heteroatoms. The molecule has 0 saturated heterocycles. The quantitative estimate of drug-likeness (QED) is 0.645. The van der Waals surface area contributed by atoms with Gasteiger partial charge in [-0.1, -0.05) is 23.4 Å². The smallest absolute Gasteiger partial charge is 0.251 e. The Hall–Kier alpha value is -1.99. The van der Waals surface area contributed by atoms with Crippen LogP contribution < -0.4 is 15.6 Å². The zero-order chi connectivity index (χ0) is 16.1. The molecular weight excluding hydrogens is 326 g/mol. The molecule has 1 amide bonds.